The summed E-state index contributed by atoms with van der Waals surface area (Å²) in [5.74, 6) is 0.259. The number of fused-ring (bicyclic) bond motifs is 2. The highest BCUT2D eigenvalue weighted by atomic mass is 79.9. The van der Waals surface area contributed by atoms with E-state index in [2.05, 4.69) is 172 Å². The number of carbonyl (C=O) groups is 1. The molecular formula is C47H52BrClN4O3. The van der Waals surface area contributed by atoms with Crippen molar-refractivity contribution in [2.75, 3.05) is 33.9 Å². The van der Waals surface area contributed by atoms with Crippen LogP contribution in [0.25, 0.3) is 10.9 Å². The molecule has 0 amide bonds. The number of pyridine rings is 1. The van der Waals surface area contributed by atoms with Crippen molar-refractivity contribution in [2.45, 2.75) is 49.8 Å². The maximum absolute atomic E-state index is 12.5. The number of carbonyl (C=O) groups excluding carboxylic acids is 1. The van der Waals surface area contributed by atoms with E-state index >= 15 is 0 Å². The molecular weight excluding hydrogens is 784 g/mol. The molecule has 4 atom stereocenters. The van der Waals surface area contributed by atoms with Crippen LogP contribution < -0.4 is 5.32 Å². The number of esters is 1. The Hall–Kier alpha value is -4.31. The number of ether oxygens (including phenoxy) is 2. The number of methoxy groups -OCH3 is 1. The van der Waals surface area contributed by atoms with Crippen LogP contribution in [0.4, 0.5) is 0 Å². The first-order valence-corrected chi connectivity index (χ1v) is 20.1. The van der Waals surface area contributed by atoms with Gasteiger partial charge in [-0.15, -0.1) is 12.4 Å². The third kappa shape index (κ3) is 8.96. The summed E-state index contributed by atoms with van der Waals surface area (Å²) in [6.45, 7) is 4.43. The highest BCUT2D eigenvalue weighted by Gasteiger charge is 2.52. The highest BCUT2D eigenvalue weighted by molar-refractivity contribution is 9.10. The fourth-order valence-corrected chi connectivity index (χ4v) is 9.19. The number of aromatic nitrogens is 2. The van der Waals surface area contributed by atoms with Crippen LogP contribution in [-0.4, -0.2) is 60.3 Å². The van der Waals surface area contributed by atoms with E-state index in [1.54, 1.807) is 12.3 Å². The zero-order valence-electron chi connectivity index (χ0n) is 32.6. The molecule has 0 saturated carbocycles. The first kappa shape index (κ1) is 41.3. The monoisotopic (exact) mass is 834 g/mol. The molecule has 4 unspecified atom stereocenters. The van der Waals surface area contributed by atoms with Crippen molar-refractivity contribution in [3.05, 3.63) is 172 Å². The molecule has 1 aliphatic carbocycles. The lowest BCUT2D eigenvalue weighted by molar-refractivity contribution is -0.131. The number of nitrogens with zero attached hydrogens (tertiary/aromatic N) is 3. The summed E-state index contributed by atoms with van der Waals surface area (Å²) in [6.07, 6.45) is 8.29. The average molecular weight is 836 g/mol. The number of aryl methyl sites for hydroxylation is 1. The third-order valence-corrected chi connectivity index (χ3v) is 11.9. The summed E-state index contributed by atoms with van der Waals surface area (Å²) in [5.41, 5.74) is 8.01. The fraction of sp³-hybridized carbons (Fsp3) is 0.319. The summed E-state index contributed by atoms with van der Waals surface area (Å²) in [5, 5.41) is 4.98. The molecule has 1 N–H and O–H groups in total. The van der Waals surface area contributed by atoms with E-state index in [1.165, 1.54) is 44.9 Å². The summed E-state index contributed by atoms with van der Waals surface area (Å²) >= 11 is 3.35. The molecule has 1 aliphatic heterocycles. The van der Waals surface area contributed by atoms with Crippen molar-refractivity contribution in [1.29, 1.82) is 0 Å². The largest absolute Gasteiger partial charge is 0.462 e. The molecule has 3 heterocycles. The van der Waals surface area contributed by atoms with E-state index < -0.39 is 5.60 Å². The minimum atomic E-state index is -0.421. The van der Waals surface area contributed by atoms with Gasteiger partial charge in [0.25, 0.3) is 0 Å². The number of benzene rings is 4. The SMILES string of the molecule is CC(NCCC(c1ccccc1)c1ccccc1)c1ccccc1.COC12CC(COC(=O)c3cncc(Br)c3)CN(C)C1Cc1cn(C)c3cccc2c13.Cl. The van der Waals surface area contributed by atoms with Gasteiger partial charge in [-0.25, -0.2) is 4.79 Å². The van der Waals surface area contributed by atoms with Crippen molar-refractivity contribution in [3.63, 3.8) is 0 Å². The zero-order chi connectivity index (χ0) is 38.4. The van der Waals surface area contributed by atoms with Gasteiger partial charge in [0.2, 0.25) is 0 Å². The Morgan fingerprint density at radius 3 is 2.18 bits per heavy atom. The number of likely N-dealkylation sites (N-methyl/N-ethyl adjacent to an activating group) is 1. The predicted molar refractivity (Wildman–Crippen MR) is 232 cm³/mol. The molecule has 4 aromatic carbocycles. The number of hydrogen-bond acceptors (Lipinski definition) is 6. The Balaban J connectivity index is 0.000000193. The number of halogens is 2. The van der Waals surface area contributed by atoms with Gasteiger partial charge in [0.05, 0.1) is 12.2 Å². The Labute approximate surface area is 346 Å². The van der Waals surface area contributed by atoms with E-state index in [0.717, 1.165) is 36.8 Å². The second kappa shape index (κ2) is 18.8. The second-order valence-corrected chi connectivity index (χ2v) is 15.9. The lowest BCUT2D eigenvalue weighted by Gasteiger charge is -2.53. The van der Waals surface area contributed by atoms with Crippen molar-refractivity contribution >= 4 is 45.2 Å². The Morgan fingerprint density at radius 2 is 1.55 bits per heavy atom. The van der Waals surface area contributed by atoms with Crippen molar-refractivity contribution in [1.82, 2.24) is 19.8 Å². The Kier molecular flexibility index (Phi) is 13.8. The van der Waals surface area contributed by atoms with Crippen molar-refractivity contribution in [3.8, 4) is 0 Å². The second-order valence-electron chi connectivity index (χ2n) is 15.0. The lowest BCUT2D eigenvalue weighted by Crippen LogP contribution is -2.59. The first-order chi connectivity index (χ1) is 26.8. The molecule has 1 saturated heterocycles. The standard InChI is InChI=1S/C24H26BrN3O3.C23H25N.ClH/c1-27-13-17-8-21-24(30-3,19-5-4-6-20(27)22(17)19)9-15(12-28(21)2)14-31-23(29)16-7-18(25)11-26-10-16;1-19(20-11-5-2-6-12-20)24-18-17-23(21-13-7-3-8-14-21)22-15-9-4-10-16-22;/h4-7,10-11,13,15,21H,8-9,12,14H2,1-3H3;2-16,19,23-24H,17-18H2,1H3;1H. The van der Waals surface area contributed by atoms with Crippen LogP contribution in [0.5, 0.6) is 0 Å². The number of likely N-dealkylation sites (tertiary alicyclic amines) is 1. The first-order valence-electron chi connectivity index (χ1n) is 19.3. The van der Waals surface area contributed by atoms with Crippen LogP contribution in [0.3, 0.4) is 0 Å². The minimum absolute atomic E-state index is 0. The van der Waals surface area contributed by atoms with Gasteiger partial charge in [-0.3, -0.25) is 9.88 Å². The normalized spacial score (nSPS) is 19.3. The zero-order valence-corrected chi connectivity index (χ0v) is 35.0. The topological polar surface area (TPSA) is 68.6 Å². The molecule has 6 aromatic rings. The van der Waals surface area contributed by atoms with Crippen LogP contribution in [-0.2, 0) is 28.5 Å². The Bertz CT molecular complexity index is 2140. The molecule has 7 nitrogen and oxygen atoms in total. The van der Waals surface area contributed by atoms with Crippen LogP contribution in [0.15, 0.2) is 138 Å². The molecule has 0 spiro atoms. The fourth-order valence-electron chi connectivity index (χ4n) is 8.83. The number of nitrogens with one attached hydrogen (secondary N) is 1. The van der Waals surface area contributed by atoms with Crippen LogP contribution in [0, 0.1) is 5.92 Å². The number of rotatable bonds is 11. The molecule has 0 radical (unpaired) electrons. The molecule has 9 heteroatoms. The van der Waals surface area contributed by atoms with E-state index in [4.69, 9.17) is 9.47 Å². The summed E-state index contributed by atoms with van der Waals surface area (Å²) in [4.78, 5) is 19.0. The molecule has 8 rings (SSSR count). The average Bonchev–Trinajstić information content (AvgIpc) is 3.55. The van der Waals surface area contributed by atoms with Crippen LogP contribution in [0.1, 0.15) is 69.9 Å². The lowest BCUT2D eigenvalue weighted by atomic mass is 9.69. The number of piperidine rings is 1. The Morgan fingerprint density at radius 1 is 0.911 bits per heavy atom. The van der Waals surface area contributed by atoms with Gasteiger partial charge >= 0.3 is 5.97 Å². The molecule has 2 aliphatic rings. The number of hydrogen-bond donors (Lipinski definition) is 1. The maximum atomic E-state index is 12.5. The predicted octanol–water partition coefficient (Wildman–Crippen LogP) is 9.89. The van der Waals surface area contributed by atoms with E-state index in [1.807, 2.05) is 7.11 Å². The smallest absolute Gasteiger partial charge is 0.339 e. The van der Waals surface area contributed by atoms with Crippen molar-refractivity contribution in [2.24, 2.45) is 13.0 Å². The van der Waals surface area contributed by atoms with Gasteiger partial charge in [-0.2, -0.15) is 0 Å². The highest BCUT2D eigenvalue weighted by Crippen LogP contribution is 2.49. The molecule has 0 bridgehead atoms. The van der Waals surface area contributed by atoms with Gasteiger partial charge in [-0.05, 0) is 95.7 Å². The van der Waals surface area contributed by atoms with Gasteiger partial charge in [0.1, 0.15) is 5.60 Å². The quantitative estimate of drug-likeness (QED) is 0.131. The maximum Gasteiger partial charge on any atom is 0.339 e. The van der Waals surface area contributed by atoms with Crippen LogP contribution >= 0.6 is 28.3 Å². The molecule has 1 fully saturated rings. The van der Waals surface area contributed by atoms with Gasteiger partial charge in [0, 0.05) is 78.6 Å². The molecule has 292 valence electrons. The van der Waals surface area contributed by atoms with Crippen molar-refractivity contribution < 1.29 is 14.3 Å². The molecule has 56 heavy (non-hydrogen) atoms. The van der Waals surface area contributed by atoms with E-state index in [0.29, 0.717) is 24.1 Å². The van der Waals surface area contributed by atoms with Crippen LogP contribution in [0.2, 0.25) is 0 Å². The van der Waals surface area contributed by atoms with Gasteiger partial charge < -0.3 is 19.4 Å². The van der Waals surface area contributed by atoms with E-state index in [-0.39, 0.29) is 30.3 Å². The van der Waals surface area contributed by atoms with Gasteiger partial charge in [-0.1, -0.05) is 103 Å². The third-order valence-electron chi connectivity index (χ3n) is 11.5. The minimum Gasteiger partial charge on any atom is -0.462 e. The summed E-state index contributed by atoms with van der Waals surface area (Å²) < 4.78 is 15.0. The molecule has 2 aromatic heterocycles. The summed E-state index contributed by atoms with van der Waals surface area (Å²) in [7, 11) is 6.07. The van der Waals surface area contributed by atoms with Gasteiger partial charge in [0.15, 0.2) is 0 Å². The van der Waals surface area contributed by atoms with E-state index in [9.17, 15) is 4.79 Å². The summed E-state index contributed by atoms with van der Waals surface area (Å²) in [6, 6.07) is 41.1.